The molecule has 1 N–H and O–H groups in total. The molecule has 2 aromatic rings. The number of rotatable bonds is 2. The summed E-state index contributed by atoms with van der Waals surface area (Å²) >= 11 is 0. The first kappa shape index (κ1) is 10.4. The molecule has 0 heterocycles. The number of aryl methyl sites for hydroxylation is 1. The zero-order chi connectivity index (χ0) is 11.5. The lowest BCUT2D eigenvalue weighted by Gasteiger charge is -2.07. The fourth-order valence-electron chi connectivity index (χ4n) is 1.70. The number of hydrogen-bond donors (Lipinski definition) is 1. The molecule has 0 saturated heterocycles. The smallest absolute Gasteiger partial charge is 0.336 e. The summed E-state index contributed by atoms with van der Waals surface area (Å²) in [6.07, 6.45) is 0. The molecule has 0 spiro atoms. The summed E-state index contributed by atoms with van der Waals surface area (Å²) in [5, 5.41) is 9.12. The SMILES string of the molecule is Cc1ccc(C(=O)O)c(-c2ccccc2)c1. The lowest BCUT2D eigenvalue weighted by atomic mass is 9.98. The van der Waals surface area contributed by atoms with Gasteiger partial charge >= 0.3 is 5.97 Å². The number of benzene rings is 2. The van der Waals surface area contributed by atoms with Crippen LogP contribution in [-0.2, 0) is 0 Å². The van der Waals surface area contributed by atoms with Gasteiger partial charge in [0.2, 0.25) is 0 Å². The molecule has 0 aromatic heterocycles. The molecule has 2 heteroatoms. The minimum atomic E-state index is -0.890. The van der Waals surface area contributed by atoms with Crippen molar-refractivity contribution in [1.29, 1.82) is 0 Å². The third kappa shape index (κ3) is 1.96. The van der Waals surface area contributed by atoms with Gasteiger partial charge in [-0.15, -0.1) is 0 Å². The quantitative estimate of drug-likeness (QED) is 0.828. The molecule has 2 aromatic carbocycles. The second-order valence-corrected chi connectivity index (χ2v) is 3.72. The lowest BCUT2D eigenvalue weighted by Crippen LogP contribution is -1.99. The lowest BCUT2D eigenvalue weighted by molar-refractivity contribution is 0.0698. The summed E-state index contributed by atoms with van der Waals surface area (Å²) < 4.78 is 0. The highest BCUT2D eigenvalue weighted by atomic mass is 16.4. The summed E-state index contributed by atoms with van der Waals surface area (Å²) in [6, 6.07) is 14.9. The van der Waals surface area contributed by atoms with E-state index in [9.17, 15) is 4.79 Å². The Labute approximate surface area is 94.2 Å². The minimum Gasteiger partial charge on any atom is -0.478 e. The van der Waals surface area contributed by atoms with Gasteiger partial charge in [-0.25, -0.2) is 4.79 Å². The van der Waals surface area contributed by atoms with Crippen LogP contribution in [0.25, 0.3) is 11.1 Å². The Morgan fingerprint density at radius 1 is 1.06 bits per heavy atom. The van der Waals surface area contributed by atoms with Crippen molar-refractivity contribution in [2.75, 3.05) is 0 Å². The zero-order valence-corrected chi connectivity index (χ0v) is 8.97. The van der Waals surface area contributed by atoms with E-state index in [0.29, 0.717) is 5.56 Å². The normalized spacial score (nSPS) is 10.1. The van der Waals surface area contributed by atoms with Crippen LogP contribution in [0.15, 0.2) is 48.5 Å². The van der Waals surface area contributed by atoms with E-state index in [1.54, 1.807) is 6.07 Å². The van der Waals surface area contributed by atoms with Gasteiger partial charge in [0.25, 0.3) is 0 Å². The van der Waals surface area contributed by atoms with Crippen molar-refractivity contribution in [1.82, 2.24) is 0 Å². The highest BCUT2D eigenvalue weighted by Gasteiger charge is 2.10. The van der Waals surface area contributed by atoms with Gasteiger partial charge in [-0.1, -0.05) is 48.0 Å². The fourth-order valence-corrected chi connectivity index (χ4v) is 1.70. The first-order chi connectivity index (χ1) is 7.68. The van der Waals surface area contributed by atoms with Crippen LogP contribution < -0.4 is 0 Å². The number of hydrogen-bond acceptors (Lipinski definition) is 1. The maximum Gasteiger partial charge on any atom is 0.336 e. The predicted molar refractivity (Wildman–Crippen MR) is 63.6 cm³/mol. The van der Waals surface area contributed by atoms with Crippen molar-refractivity contribution in [2.45, 2.75) is 6.92 Å². The van der Waals surface area contributed by atoms with Crippen molar-refractivity contribution < 1.29 is 9.90 Å². The molecule has 0 radical (unpaired) electrons. The standard InChI is InChI=1S/C14H12O2/c1-10-7-8-12(14(15)16)13(9-10)11-5-3-2-4-6-11/h2-9H,1H3,(H,15,16). The van der Waals surface area contributed by atoms with Crippen LogP contribution in [0.4, 0.5) is 0 Å². The zero-order valence-electron chi connectivity index (χ0n) is 8.97. The Kier molecular flexibility index (Phi) is 2.73. The molecule has 0 aliphatic rings. The van der Waals surface area contributed by atoms with E-state index in [1.807, 2.05) is 49.4 Å². The van der Waals surface area contributed by atoms with Gasteiger partial charge in [0.15, 0.2) is 0 Å². The Bertz CT molecular complexity index is 516. The number of carboxylic acid groups (broad SMARTS) is 1. The molecule has 0 aliphatic heterocycles. The number of carbonyl (C=O) groups is 1. The van der Waals surface area contributed by atoms with Crippen LogP contribution in [0.5, 0.6) is 0 Å². The molecule has 0 fully saturated rings. The summed E-state index contributed by atoms with van der Waals surface area (Å²) in [6.45, 7) is 1.96. The monoisotopic (exact) mass is 212 g/mol. The van der Waals surface area contributed by atoms with E-state index in [1.165, 1.54) is 0 Å². The average molecular weight is 212 g/mol. The van der Waals surface area contributed by atoms with E-state index in [4.69, 9.17) is 5.11 Å². The molecular formula is C14H12O2. The van der Waals surface area contributed by atoms with Gasteiger partial charge in [0.1, 0.15) is 0 Å². The van der Waals surface area contributed by atoms with Gasteiger partial charge < -0.3 is 5.11 Å². The molecule has 0 saturated carbocycles. The van der Waals surface area contributed by atoms with Crippen LogP contribution in [0, 0.1) is 6.92 Å². The van der Waals surface area contributed by atoms with E-state index >= 15 is 0 Å². The number of carboxylic acids is 1. The molecule has 16 heavy (non-hydrogen) atoms. The maximum atomic E-state index is 11.1. The van der Waals surface area contributed by atoms with E-state index in [2.05, 4.69) is 0 Å². The molecule has 0 bridgehead atoms. The van der Waals surface area contributed by atoms with E-state index < -0.39 is 5.97 Å². The maximum absolute atomic E-state index is 11.1. The molecule has 2 nitrogen and oxygen atoms in total. The molecule has 2 rings (SSSR count). The van der Waals surface area contributed by atoms with E-state index in [-0.39, 0.29) is 0 Å². The Hall–Kier alpha value is -2.09. The summed E-state index contributed by atoms with van der Waals surface area (Å²) in [5.41, 5.74) is 3.11. The van der Waals surface area contributed by atoms with Crippen molar-refractivity contribution in [3.05, 3.63) is 59.7 Å². The van der Waals surface area contributed by atoms with Crippen LogP contribution >= 0.6 is 0 Å². The van der Waals surface area contributed by atoms with Crippen molar-refractivity contribution in [3.63, 3.8) is 0 Å². The van der Waals surface area contributed by atoms with Gasteiger partial charge in [-0.2, -0.15) is 0 Å². The Morgan fingerprint density at radius 2 is 1.75 bits per heavy atom. The topological polar surface area (TPSA) is 37.3 Å². The second-order valence-electron chi connectivity index (χ2n) is 3.72. The van der Waals surface area contributed by atoms with Crippen LogP contribution in [0.1, 0.15) is 15.9 Å². The van der Waals surface area contributed by atoms with Crippen molar-refractivity contribution in [2.24, 2.45) is 0 Å². The molecular weight excluding hydrogens is 200 g/mol. The largest absolute Gasteiger partial charge is 0.478 e. The first-order valence-corrected chi connectivity index (χ1v) is 5.08. The molecule has 80 valence electrons. The third-order valence-corrected chi connectivity index (χ3v) is 2.49. The van der Waals surface area contributed by atoms with Gasteiger partial charge in [-0.3, -0.25) is 0 Å². The van der Waals surface area contributed by atoms with Crippen molar-refractivity contribution in [3.8, 4) is 11.1 Å². The molecule has 0 atom stereocenters. The van der Waals surface area contributed by atoms with Crippen molar-refractivity contribution >= 4 is 5.97 Å². The molecule has 0 unspecified atom stereocenters. The van der Waals surface area contributed by atoms with Gasteiger partial charge in [0.05, 0.1) is 5.56 Å². The predicted octanol–water partition coefficient (Wildman–Crippen LogP) is 3.36. The first-order valence-electron chi connectivity index (χ1n) is 5.08. The van der Waals surface area contributed by atoms with E-state index in [0.717, 1.165) is 16.7 Å². The third-order valence-electron chi connectivity index (χ3n) is 2.49. The summed E-state index contributed by atoms with van der Waals surface area (Å²) in [7, 11) is 0. The molecule has 0 aliphatic carbocycles. The van der Waals surface area contributed by atoms with Crippen LogP contribution in [0.3, 0.4) is 0 Å². The molecule has 0 amide bonds. The second kappa shape index (κ2) is 4.19. The highest BCUT2D eigenvalue weighted by Crippen LogP contribution is 2.24. The fraction of sp³-hybridized carbons (Fsp3) is 0.0714. The van der Waals surface area contributed by atoms with Crippen LogP contribution in [-0.4, -0.2) is 11.1 Å². The minimum absolute atomic E-state index is 0.344. The Balaban J connectivity index is 2.63. The van der Waals surface area contributed by atoms with Gasteiger partial charge in [-0.05, 0) is 24.1 Å². The van der Waals surface area contributed by atoms with Gasteiger partial charge in [0, 0.05) is 0 Å². The highest BCUT2D eigenvalue weighted by molar-refractivity contribution is 5.96. The van der Waals surface area contributed by atoms with Crippen LogP contribution in [0.2, 0.25) is 0 Å². The number of aromatic carboxylic acids is 1. The Morgan fingerprint density at radius 3 is 2.38 bits per heavy atom. The average Bonchev–Trinajstić information content (AvgIpc) is 2.29. The summed E-state index contributed by atoms with van der Waals surface area (Å²) in [4.78, 5) is 11.1. The summed E-state index contributed by atoms with van der Waals surface area (Å²) in [5.74, 6) is -0.890.